The van der Waals surface area contributed by atoms with E-state index < -0.39 is 10.0 Å². The first-order valence-corrected chi connectivity index (χ1v) is 12.4. The number of hydrogen-bond donors (Lipinski definition) is 1. The summed E-state index contributed by atoms with van der Waals surface area (Å²) >= 11 is 0. The minimum Gasteiger partial charge on any atom is -0.356 e. The van der Waals surface area contributed by atoms with Crippen LogP contribution in [0.1, 0.15) is 70.4 Å². The lowest BCUT2D eigenvalue weighted by Gasteiger charge is -2.26. The van der Waals surface area contributed by atoms with Crippen LogP contribution < -0.4 is 9.62 Å². The Morgan fingerprint density at radius 2 is 1.89 bits per heavy atom. The highest BCUT2D eigenvalue weighted by molar-refractivity contribution is 7.92. The van der Waals surface area contributed by atoms with Crippen LogP contribution in [-0.2, 0) is 21.2 Å². The van der Waals surface area contributed by atoms with E-state index in [0.29, 0.717) is 31.8 Å². The van der Waals surface area contributed by atoms with Crippen LogP contribution in [0.4, 0.5) is 5.69 Å². The lowest BCUT2D eigenvalue weighted by atomic mass is 9.99. The van der Waals surface area contributed by atoms with E-state index in [-0.39, 0.29) is 5.91 Å². The second-order valence-electron chi connectivity index (χ2n) is 7.60. The van der Waals surface area contributed by atoms with Gasteiger partial charge in [-0.3, -0.25) is 9.10 Å². The van der Waals surface area contributed by atoms with Crippen LogP contribution in [0.15, 0.2) is 18.2 Å². The monoisotopic (exact) mass is 410 g/mol. The Morgan fingerprint density at radius 3 is 2.46 bits per heavy atom. The van der Waals surface area contributed by atoms with Crippen LogP contribution in [0.2, 0.25) is 0 Å². The van der Waals surface area contributed by atoms with Crippen molar-refractivity contribution in [1.29, 1.82) is 0 Å². The highest BCUT2D eigenvalue weighted by Crippen LogP contribution is 2.28. The predicted molar refractivity (Wildman–Crippen MR) is 118 cm³/mol. The Kier molecular flexibility index (Phi) is 10.6. The van der Waals surface area contributed by atoms with Gasteiger partial charge in [0.05, 0.1) is 11.9 Å². The Bertz CT molecular complexity index is 716. The third kappa shape index (κ3) is 7.82. The number of benzene rings is 1. The van der Waals surface area contributed by atoms with E-state index in [1.54, 1.807) is 0 Å². The number of aryl methyl sites for hydroxylation is 2. The maximum Gasteiger partial charge on any atom is 0.232 e. The van der Waals surface area contributed by atoms with Gasteiger partial charge in [-0.15, -0.1) is 0 Å². The maximum absolute atomic E-state index is 12.4. The number of unbranched alkanes of at least 4 members (excludes halogenated alkanes) is 1. The molecule has 0 aliphatic heterocycles. The fourth-order valence-electron chi connectivity index (χ4n) is 3.48. The molecule has 0 aliphatic rings. The molecule has 1 unspecified atom stereocenters. The molecular weight excluding hydrogens is 372 g/mol. The highest BCUT2D eigenvalue weighted by atomic mass is 32.2. The molecule has 1 aromatic rings. The van der Waals surface area contributed by atoms with Gasteiger partial charge in [0.2, 0.25) is 15.9 Å². The topological polar surface area (TPSA) is 66.5 Å². The summed E-state index contributed by atoms with van der Waals surface area (Å²) in [5.74, 6) is 0.527. The Morgan fingerprint density at radius 1 is 1.18 bits per heavy atom. The average Bonchev–Trinajstić information content (AvgIpc) is 2.64. The number of hydrogen-bond acceptors (Lipinski definition) is 3. The Labute approximate surface area is 172 Å². The first-order chi connectivity index (χ1) is 13.2. The van der Waals surface area contributed by atoms with Crippen molar-refractivity contribution in [3.8, 4) is 0 Å². The van der Waals surface area contributed by atoms with Gasteiger partial charge in [-0.1, -0.05) is 58.2 Å². The van der Waals surface area contributed by atoms with Crippen LogP contribution >= 0.6 is 0 Å². The molecule has 0 radical (unpaired) electrons. The second kappa shape index (κ2) is 12.1. The zero-order valence-electron chi connectivity index (χ0n) is 18.3. The lowest BCUT2D eigenvalue weighted by molar-refractivity contribution is -0.121. The zero-order chi connectivity index (χ0) is 21.2. The Balaban J connectivity index is 2.68. The fourth-order valence-corrected chi connectivity index (χ4v) is 4.53. The maximum atomic E-state index is 12.4. The van der Waals surface area contributed by atoms with Crippen molar-refractivity contribution in [2.24, 2.45) is 5.92 Å². The minimum atomic E-state index is -3.41. The molecule has 0 aliphatic carbocycles. The lowest BCUT2D eigenvalue weighted by Crippen LogP contribution is -2.34. The molecule has 0 aromatic heterocycles. The summed E-state index contributed by atoms with van der Waals surface area (Å²) in [6.07, 6.45) is 7.40. The summed E-state index contributed by atoms with van der Waals surface area (Å²) < 4.78 is 26.3. The van der Waals surface area contributed by atoms with Gasteiger partial charge >= 0.3 is 0 Å². The summed E-state index contributed by atoms with van der Waals surface area (Å²) in [7, 11) is -3.41. The number of nitrogens with zero attached hydrogens (tertiary/aromatic N) is 1. The van der Waals surface area contributed by atoms with E-state index in [2.05, 4.69) is 19.2 Å². The Hall–Kier alpha value is -1.56. The normalized spacial score (nSPS) is 12.6. The molecule has 1 aromatic carbocycles. The van der Waals surface area contributed by atoms with E-state index >= 15 is 0 Å². The SMILES string of the molecule is CCCCC(CC)CNC(=O)CCCN(c1c(C)cccc1CC)S(C)(=O)=O. The van der Waals surface area contributed by atoms with Crippen LogP contribution in [0, 0.1) is 12.8 Å². The van der Waals surface area contributed by atoms with Crippen molar-refractivity contribution >= 4 is 21.6 Å². The van der Waals surface area contributed by atoms with Crippen molar-refractivity contribution in [3.05, 3.63) is 29.3 Å². The van der Waals surface area contributed by atoms with E-state index in [1.807, 2.05) is 32.0 Å². The highest BCUT2D eigenvalue weighted by Gasteiger charge is 2.21. The molecule has 0 heterocycles. The molecule has 1 amide bonds. The average molecular weight is 411 g/mol. The number of carbonyl (C=O) groups is 1. The molecule has 160 valence electrons. The molecule has 0 spiro atoms. The van der Waals surface area contributed by atoms with Gasteiger partial charge in [0, 0.05) is 19.5 Å². The summed E-state index contributed by atoms with van der Waals surface area (Å²) in [4.78, 5) is 12.2. The van der Waals surface area contributed by atoms with E-state index in [9.17, 15) is 13.2 Å². The molecule has 5 nitrogen and oxygen atoms in total. The summed E-state index contributed by atoms with van der Waals surface area (Å²) in [5.41, 5.74) is 2.71. The second-order valence-corrected chi connectivity index (χ2v) is 9.50. The van der Waals surface area contributed by atoms with Crippen LogP contribution in [0.5, 0.6) is 0 Å². The number of amides is 1. The standard InChI is InChI=1S/C22H38N2O3S/c1-6-9-13-19(7-2)17-23-21(25)15-11-16-24(28(5,26)27)22-18(4)12-10-14-20(22)8-3/h10,12,14,19H,6-9,11,13,15-17H2,1-5H3,(H,23,25). The molecule has 0 saturated carbocycles. The summed E-state index contributed by atoms with van der Waals surface area (Å²) in [6.45, 7) is 9.32. The predicted octanol–water partition coefficient (Wildman–Crippen LogP) is 4.44. The fraction of sp³-hybridized carbons (Fsp3) is 0.682. The van der Waals surface area contributed by atoms with Gasteiger partial charge in [0.15, 0.2) is 0 Å². The quantitative estimate of drug-likeness (QED) is 0.523. The molecule has 28 heavy (non-hydrogen) atoms. The molecular formula is C22H38N2O3S. The molecule has 1 rings (SSSR count). The van der Waals surface area contributed by atoms with Crippen LogP contribution in [0.3, 0.4) is 0 Å². The van der Waals surface area contributed by atoms with Gasteiger partial charge in [-0.25, -0.2) is 8.42 Å². The first-order valence-electron chi connectivity index (χ1n) is 10.6. The number of rotatable bonds is 13. The van der Waals surface area contributed by atoms with Crippen molar-refractivity contribution in [1.82, 2.24) is 5.32 Å². The van der Waals surface area contributed by atoms with Crippen molar-refractivity contribution in [2.75, 3.05) is 23.7 Å². The third-order valence-electron chi connectivity index (χ3n) is 5.25. The smallest absolute Gasteiger partial charge is 0.232 e. The van der Waals surface area contributed by atoms with Crippen LogP contribution in [-0.4, -0.2) is 33.7 Å². The van der Waals surface area contributed by atoms with Gasteiger partial charge in [0.1, 0.15) is 0 Å². The first kappa shape index (κ1) is 24.5. The molecule has 0 fully saturated rings. The largest absolute Gasteiger partial charge is 0.356 e. The van der Waals surface area contributed by atoms with Gasteiger partial charge in [-0.05, 0) is 43.2 Å². The summed E-state index contributed by atoms with van der Waals surface area (Å²) in [6, 6.07) is 5.85. The van der Waals surface area contributed by atoms with E-state index in [1.165, 1.54) is 23.4 Å². The number of para-hydroxylation sites is 1. The van der Waals surface area contributed by atoms with Crippen molar-refractivity contribution in [2.45, 2.75) is 72.6 Å². The van der Waals surface area contributed by atoms with Crippen molar-refractivity contribution in [3.63, 3.8) is 0 Å². The molecule has 1 N–H and O–H groups in total. The molecule has 0 saturated heterocycles. The third-order valence-corrected chi connectivity index (χ3v) is 6.41. The molecule has 0 bridgehead atoms. The minimum absolute atomic E-state index is 0.00361. The van der Waals surface area contributed by atoms with E-state index in [4.69, 9.17) is 0 Å². The van der Waals surface area contributed by atoms with Gasteiger partial charge < -0.3 is 5.32 Å². The van der Waals surface area contributed by atoms with Gasteiger partial charge in [0.25, 0.3) is 0 Å². The number of sulfonamides is 1. The number of carbonyl (C=O) groups excluding carboxylic acids is 1. The molecule has 6 heteroatoms. The number of anilines is 1. The van der Waals surface area contributed by atoms with Crippen LogP contribution in [0.25, 0.3) is 0 Å². The molecule has 1 atom stereocenters. The van der Waals surface area contributed by atoms with Gasteiger partial charge in [-0.2, -0.15) is 0 Å². The van der Waals surface area contributed by atoms with E-state index in [0.717, 1.165) is 36.1 Å². The zero-order valence-corrected chi connectivity index (χ0v) is 19.1. The van der Waals surface area contributed by atoms with Crippen molar-refractivity contribution < 1.29 is 13.2 Å². The number of nitrogens with one attached hydrogen (secondary N) is 1. The summed E-state index contributed by atoms with van der Waals surface area (Å²) in [5, 5.41) is 3.02.